The standard InChI is InChI=1S/C3F3N2OS/c4-3(5,6)1-7-2(9)10-8-1. The molecule has 10 heavy (non-hydrogen) atoms. The van der Waals surface area contributed by atoms with Gasteiger partial charge in [-0.2, -0.15) is 22.5 Å². The Bertz CT molecular complexity index is 232. The molecular formula is C3F3N2OS. The molecule has 0 spiro atoms. The Morgan fingerprint density at radius 1 is 1.40 bits per heavy atom. The molecule has 3 nitrogen and oxygen atoms in total. The van der Waals surface area contributed by atoms with Crippen molar-refractivity contribution in [3.63, 3.8) is 0 Å². The molecule has 0 N–H and O–H groups in total. The highest BCUT2D eigenvalue weighted by Gasteiger charge is 2.36. The van der Waals surface area contributed by atoms with Crippen LogP contribution in [0.15, 0.2) is 0 Å². The largest absolute Gasteiger partial charge is 0.452 e. The quantitative estimate of drug-likeness (QED) is 0.593. The van der Waals surface area contributed by atoms with Crippen LogP contribution in [-0.4, -0.2) is 9.36 Å². The van der Waals surface area contributed by atoms with Gasteiger partial charge < -0.3 is 0 Å². The predicted molar refractivity (Wildman–Crippen MR) is 25.0 cm³/mol. The first-order chi connectivity index (χ1) is 4.50. The Labute approximate surface area is 57.3 Å². The molecule has 1 radical (unpaired) electrons. The molecule has 1 aromatic rings. The van der Waals surface area contributed by atoms with E-state index >= 15 is 0 Å². The first-order valence-electron chi connectivity index (χ1n) is 2.08. The third-order valence-electron chi connectivity index (χ3n) is 0.661. The minimum absolute atomic E-state index is 0.195. The summed E-state index contributed by atoms with van der Waals surface area (Å²) < 4.78 is 37.4. The van der Waals surface area contributed by atoms with Gasteiger partial charge in [-0.1, -0.05) is 0 Å². The third kappa shape index (κ3) is 1.35. The fraction of sp³-hybridized carbons (Fsp3) is 0.333. The lowest BCUT2D eigenvalue weighted by atomic mass is 10.6. The number of hydrogen-bond acceptors (Lipinski definition) is 3. The first-order valence-corrected chi connectivity index (χ1v) is 2.85. The molecule has 0 saturated carbocycles. The van der Waals surface area contributed by atoms with Crippen LogP contribution in [-0.2, 0) is 11.3 Å². The summed E-state index contributed by atoms with van der Waals surface area (Å²) in [5.74, 6) is -1.36. The average Bonchev–Trinajstić information content (AvgIpc) is 2.11. The van der Waals surface area contributed by atoms with Crippen molar-refractivity contribution in [2.45, 2.75) is 6.18 Å². The van der Waals surface area contributed by atoms with Gasteiger partial charge in [-0.3, -0.25) is 5.11 Å². The molecule has 7 heteroatoms. The van der Waals surface area contributed by atoms with E-state index in [1.54, 1.807) is 0 Å². The van der Waals surface area contributed by atoms with Crippen molar-refractivity contribution in [3.8, 4) is 5.19 Å². The lowest BCUT2D eigenvalue weighted by Gasteiger charge is -1.96. The van der Waals surface area contributed by atoms with Crippen LogP contribution in [0.4, 0.5) is 13.2 Å². The molecule has 0 atom stereocenters. The van der Waals surface area contributed by atoms with Crippen LogP contribution in [0.2, 0.25) is 0 Å². The minimum Gasteiger partial charge on any atom is -0.253 e. The second kappa shape index (κ2) is 2.08. The Kier molecular flexibility index (Phi) is 1.51. The second-order valence-electron chi connectivity index (χ2n) is 1.38. The molecule has 0 fully saturated rings. The van der Waals surface area contributed by atoms with E-state index in [0.29, 0.717) is 0 Å². The van der Waals surface area contributed by atoms with Gasteiger partial charge in [0.25, 0.3) is 5.82 Å². The Balaban J connectivity index is 2.96. The summed E-state index contributed by atoms with van der Waals surface area (Å²) in [5, 5.41) is 9.16. The van der Waals surface area contributed by atoms with E-state index in [4.69, 9.17) is 0 Å². The summed E-state index contributed by atoms with van der Waals surface area (Å²) in [7, 11) is 0. The highest BCUT2D eigenvalue weighted by molar-refractivity contribution is 7.07. The van der Waals surface area contributed by atoms with Crippen molar-refractivity contribution in [2.24, 2.45) is 0 Å². The van der Waals surface area contributed by atoms with Gasteiger partial charge in [-0.25, -0.2) is 0 Å². The fourth-order valence-corrected chi connectivity index (χ4v) is 0.761. The fourth-order valence-electron chi connectivity index (χ4n) is 0.325. The van der Waals surface area contributed by atoms with Crippen LogP contribution < -0.4 is 0 Å². The molecule has 1 rings (SSSR count). The van der Waals surface area contributed by atoms with Crippen molar-refractivity contribution in [1.29, 1.82) is 0 Å². The lowest BCUT2D eigenvalue weighted by Crippen LogP contribution is -2.06. The van der Waals surface area contributed by atoms with Gasteiger partial charge in [-0.05, 0) is 0 Å². The van der Waals surface area contributed by atoms with Crippen LogP contribution in [0.5, 0.6) is 5.19 Å². The van der Waals surface area contributed by atoms with E-state index in [-0.39, 0.29) is 11.5 Å². The maximum Gasteiger partial charge on any atom is 0.452 e. The van der Waals surface area contributed by atoms with Gasteiger partial charge in [0.2, 0.25) is 0 Å². The third-order valence-corrected chi connectivity index (χ3v) is 1.17. The summed E-state index contributed by atoms with van der Waals surface area (Å²) >= 11 is 0.195. The van der Waals surface area contributed by atoms with Gasteiger partial charge >= 0.3 is 11.4 Å². The Morgan fingerprint density at radius 2 is 2.00 bits per heavy atom. The smallest absolute Gasteiger partial charge is 0.253 e. The summed E-state index contributed by atoms with van der Waals surface area (Å²) in [6.45, 7) is 0. The number of halogens is 3. The highest BCUT2D eigenvalue weighted by Crippen LogP contribution is 2.29. The molecule has 0 saturated heterocycles. The number of nitrogens with zero attached hydrogens (tertiary/aromatic N) is 2. The van der Waals surface area contributed by atoms with E-state index in [0.717, 1.165) is 0 Å². The van der Waals surface area contributed by atoms with Crippen LogP contribution in [0, 0.1) is 0 Å². The monoisotopic (exact) mass is 169 g/mol. The zero-order chi connectivity index (χ0) is 7.78. The summed E-state index contributed by atoms with van der Waals surface area (Å²) in [6.07, 6.45) is -4.60. The number of aromatic nitrogens is 2. The van der Waals surface area contributed by atoms with Gasteiger partial charge in [0.1, 0.15) is 0 Å². The maximum absolute atomic E-state index is 11.5. The SMILES string of the molecule is [O]c1nc(C(F)(F)F)ns1. The zero-order valence-electron chi connectivity index (χ0n) is 4.34. The Morgan fingerprint density at radius 3 is 2.20 bits per heavy atom. The van der Waals surface area contributed by atoms with Gasteiger partial charge in [0.15, 0.2) is 0 Å². The number of hydrogen-bond donors (Lipinski definition) is 0. The molecule has 55 valence electrons. The summed E-state index contributed by atoms with van der Waals surface area (Å²) in [4.78, 5) is 2.61. The molecular weight excluding hydrogens is 169 g/mol. The molecule has 0 bridgehead atoms. The average molecular weight is 169 g/mol. The van der Waals surface area contributed by atoms with Gasteiger partial charge in [0, 0.05) is 11.5 Å². The van der Waals surface area contributed by atoms with Crippen LogP contribution in [0.1, 0.15) is 5.82 Å². The van der Waals surface area contributed by atoms with Crippen LogP contribution in [0.25, 0.3) is 0 Å². The molecule has 0 aliphatic carbocycles. The van der Waals surface area contributed by atoms with Crippen LogP contribution in [0.3, 0.4) is 0 Å². The highest BCUT2D eigenvalue weighted by atomic mass is 32.1. The first kappa shape index (κ1) is 7.26. The van der Waals surface area contributed by atoms with E-state index in [2.05, 4.69) is 9.36 Å². The number of rotatable bonds is 0. The molecule has 0 aliphatic heterocycles. The van der Waals surface area contributed by atoms with Crippen molar-refractivity contribution in [2.75, 3.05) is 0 Å². The van der Waals surface area contributed by atoms with E-state index < -0.39 is 17.2 Å². The van der Waals surface area contributed by atoms with Crippen molar-refractivity contribution >= 4 is 11.5 Å². The van der Waals surface area contributed by atoms with Gasteiger partial charge in [0.05, 0.1) is 0 Å². The minimum atomic E-state index is -4.60. The zero-order valence-corrected chi connectivity index (χ0v) is 5.16. The van der Waals surface area contributed by atoms with Crippen molar-refractivity contribution in [1.82, 2.24) is 9.36 Å². The summed E-state index contributed by atoms with van der Waals surface area (Å²) in [6, 6.07) is 0. The van der Waals surface area contributed by atoms with Crippen LogP contribution >= 0.6 is 11.5 Å². The second-order valence-corrected chi connectivity index (χ2v) is 2.10. The topological polar surface area (TPSA) is 45.7 Å². The van der Waals surface area contributed by atoms with Crippen molar-refractivity contribution < 1.29 is 18.3 Å². The molecule has 1 aromatic heterocycles. The molecule has 0 amide bonds. The van der Waals surface area contributed by atoms with Crippen molar-refractivity contribution in [3.05, 3.63) is 5.82 Å². The Hall–Kier alpha value is -0.850. The van der Waals surface area contributed by atoms with E-state index in [9.17, 15) is 18.3 Å². The van der Waals surface area contributed by atoms with Gasteiger partial charge in [-0.15, -0.1) is 0 Å². The predicted octanol–water partition coefficient (Wildman–Crippen LogP) is 1.70. The number of alkyl halides is 3. The van der Waals surface area contributed by atoms with E-state index in [1.165, 1.54) is 0 Å². The molecule has 0 aromatic carbocycles. The summed E-state index contributed by atoms with van der Waals surface area (Å²) in [5.41, 5.74) is 0. The molecule has 0 aliphatic rings. The van der Waals surface area contributed by atoms with E-state index in [1.807, 2.05) is 0 Å². The maximum atomic E-state index is 11.5. The lowest BCUT2D eigenvalue weighted by molar-refractivity contribution is -0.144. The molecule has 1 heterocycles. The normalized spacial score (nSPS) is 11.9. The molecule has 0 unspecified atom stereocenters.